The van der Waals surface area contributed by atoms with Crippen LogP contribution < -0.4 is 4.74 Å². The van der Waals surface area contributed by atoms with Crippen LogP contribution >= 0.6 is 15.9 Å². The van der Waals surface area contributed by atoms with Crippen molar-refractivity contribution in [2.24, 2.45) is 5.92 Å². The molecular formula is C31H40BrN3O3. The van der Waals surface area contributed by atoms with E-state index in [4.69, 9.17) is 4.74 Å². The molecule has 38 heavy (non-hydrogen) atoms. The largest absolute Gasteiger partial charge is 0.497 e. The lowest BCUT2D eigenvalue weighted by molar-refractivity contribution is -0.134. The first-order valence-corrected chi connectivity index (χ1v) is 14.1. The molecule has 0 bridgehead atoms. The van der Waals surface area contributed by atoms with Gasteiger partial charge in [0.1, 0.15) is 12.3 Å². The van der Waals surface area contributed by atoms with E-state index in [9.17, 15) is 9.59 Å². The molecule has 3 aromatic rings. The summed E-state index contributed by atoms with van der Waals surface area (Å²) in [6.07, 6.45) is 3.70. The maximum Gasteiger partial charge on any atom is 0.254 e. The average Bonchev–Trinajstić information content (AvgIpc) is 3.34. The van der Waals surface area contributed by atoms with Gasteiger partial charge in [0, 0.05) is 41.1 Å². The van der Waals surface area contributed by atoms with Crippen LogP contribution in [0.5, 0.6) is 5.75 Å². The molecule has 0 spiro atoms. The Bertz CT molecular complexity index is 1210. The van der Waals surface area contributed by atoms with E-state index >= 15 is 0 Å². The van der Waals surface area contributed by atoms with Crippen LogP contribution in [0, 0.1) is 5.92 Å². The number of methoxy groups -OCH3 is 1. The maximum absolute atomic E-state index is 13.8. The summed E-state index contributed by atoms with van der Waals surface area (Å²) < 4.78 is 8.39. The van der Waals surface area contributed by atoms with Gasteiger partial charge in [-0.15, -0.1) is 0 Å². The Balaban J connectivity index is 1.80. The summed E-state index contributed by atoms with van der Waals surface area (Å²) in [5, 5.41) is 0. The number of carbonyl (C=O) groups is 2. The van der Waals surface area contributed by atoms with Crippen molar-refractivity contribution >= 4 is 27.7 Å². The quantitative estimate of drug-likeness (QED) is 0.228. The van der Waals surface area contributed by atoms with Crippen molar-refractivity contribution in [3.8, 4) is 5.75 Å². The zero-order valence-corrected chi connectivity index (χ0v) is 24.8. The van der Waals surface area contributed by atoms with Crippen LogP contribution in [-0.4, -0.2) is 52.4 Å². The predicted octanol–water partition coefficient (Wildman–Crippen LogP) is 6.62. The molecule has 0 aliphatic carbocycles. The second-order valence-electron chi connectivity index (χ2n) is 10.2. The lowest BCUT2D eigenvalue weighted by atomic mass is 10.1. The van der Waals surface area contributed by atoms with E-state index in [2.05, 4.69) is 60.3 Å². The summed E-state index contributed by atoms with van der Waals surface area (Å²) in [7, 11) is 1.67. The number of nitrogens with zero attached hydrogens (tertiary/aromatic N) is 3. The molecule has 0 radical (unpaired) electrons. The molecule has 0 saturated heterocycles. The fourth-order valence-corrected chi connectivity index (χ4v) is 4.72. The molecule has 1 aromatic heterocycles. The van der Waals surface area contributed by atoms with Crippen LogP contribution in [-0.2, 0) is 17.9 Å². The van der Waals surface area contributed by atoms with E-state index in [0.717, 1.165) is 34.3 Å². The zero-order chi connectivity index (χ0) is 27.7. The zero-order valence-electron chi connectivity index (χ0n) is 23.2. The Morgan fingerprint density at radius 1 is 1.03 bits per heavy atom. The summed E-state index contributed by atoms with van der Waals surface area (Å²) in [6, 6.07) is 19.5. The van der Waals surface area contributed by atoms with E-state index in [0.29, 0.717) is 31.1 Å². The number of halogens is 1. The highest BCUT2D eigenvalue weighted by Gasteiger charge is 2.26. The summed E-state index contributed by atoms with van der Waals surface area (Å²) >= 11 is 3.46. The molecule has 0 saturated carbocycles. The monoisotopic (exact) mass is 581 g/mol. The van der Waals surface area contributed by atoms with Gasteiger partial charge in [-0.2, -0.15) is 0 Å². The van der Waals surface area contributed by atoms with Gasteiger partial charge in [-0.25, -0.2) is 0 Å². The number of hydrogen-bond acceptors (Lipinski definition) is 3. The number of benzene rings is 2. The van der Waals surface area contributed by atoms with Crippen molar-refractivity contribution in [2.45, 2.75) is 59.7 Å². The minimum Gasteiger partial charge on any atom is -0.497 e. The molecule has 2 aromatic carbocycles. The second-order valence-corrected chi connectivity index (χ2v) is 11.1. The summed E-state index contributed by atoms with van der Waals surface area (Å²) in [4.78, 5) is 30.8. The van der Waals surface area contributed by atoms with Crippen LogP contribution in [0.4, 0.5) is 0 Å². The Morgan fingerprint density at radius 3 is 2.47 bits per heavy atom. The van der Waals surface area contributed by atoms with Gasteiger partial charge in [0.2, 0.25) is 5.91 Å². The molecule has 7 heteroatoms. The fourth-order valence-electron chi connectivity index (χ4n) is 4.32. The Hall–Kier alpha value is -3.06. The molecule has 204 valence electrons. The molecule has 2 amide bonds. The van der Waals surface area contributed by atoms with Gasteiger partial charge in [-0.3, -0.25) is 9.59 Å². The van der Waals surface area contributed by atoms with Crippen LogP contribution in [0.3, 0.4) is 0 Å². The molecule has 3 rings (SSSR count). The van der Waals surface area contributed by atoms with Crippen molar-refractivity contribution in [1.29, 1.82) is 0 Å². The van der Waals surface area contributed by atoms with Crippen molar-refractivity contribution in [3.63, 3.8) is 0 Å². The third-order valence-electron chi connectivity index (χ3n) is 6.85. The molecule has 6 nitrogen and oxygen atoms in total. The SMILES string of the molecule is CC[C@H](C)N(Cc1cccn1Cc1cccc(OC)c1)C(=O)CN(CCC(C)C)C(=O)c1cccc(Br)c1. The number of carbonyl (C=O) groups excluding carboxylic acids is 2. The van der Waals surface area contributed by atoms with Crippen molar-refractivity contribution in [1.82, 2.24) is 14.4 Å². The summed E-state index contributed by atoms with van der Waals surface area (Å²) in [6.45, 7) is 10.2. The highest BCUT2D eigenvalue weighted by Crippen LogP contribution is 2.19. The van der Waals surface area contributed by atoms with Crippen LogP contribution in [0.25, 0.3) is 0 Å². The Kier molecular flexibility index (Phi) is 11.0. The number of hydrogen-bond donors (Lipinski definition) is 0. The van der Waals surface area contributed by atoms with Crippen LogP contribution in [0.15, 0.2) is 71.3 Å². The standard InChI is InChI=1S/C31H40BrN3O3/c1-6-24(4)35(21-28-13-9-16-33(28)20-25-10-7-14-29(18-25)38-5)30(36)22-34(17-15-23(2)3)31(37)26-11-8-12-27(32)19-26/h7-14,16,18-19,23-24H,6,15,17,20-22H2,1-5H3/t24-/m0/s1. The lowest BCUT2D eigenvalue weighted by Crippen LogP contribution is -2.46. The van der Waals surface area contributed by atoms with Gasteiger partial charge < -0.3 is 19.1 Å². The number of amides is 2. The molecule has 0 N–H and O–H groups in total. The van der Waals surface area contributed by atoms with Gasteiger partial charge >= 0.3 is 0 Å². The first-order valence-electron chi connectivity index (χ1n) is 13.3. The van der Waals surface area contributed by atoms with E-state index in [-0.39, 0.29) is 24.4 Å². The topological polar surface area (TPSA) is 54.8 Å². The number of rotatable bonds is 13. The van der Waals surface area contributed by atoms with E-state index in [1.54, 1.807) is 18.1 Å². The van der Waals surface area contributed by atoms with E-state index in [1.165, 1.54) is 0 Å². The maximum atomic E-state index is 13.8. The van der Waals surface area contributed by atoms with Crippen LogP contribution in [0.1, 0.15) is 62.2 Å². The van der Waals surface area contributed by atoms with Crippen molar-refractivity contribution in [2.75, 3.05) is 20.2 Å². The first-order chi connectivity index (χ1) is 18.2. The van der Waals surface area contributed by atoms with Gasteiger partial charge in [0.05, 0.1) is 13.7 Å². The molecule has 0 aliphatic rings. The van der Waals surface area contributed by atoms with Crippen molar-refractivity contribution < 1.29 is 14.3 Å². The minimum absolute atomic E-state index is 0.0376. The van der Waals surface area contributed by atoms with Gasteiger partial charge in [-0.05, 0) is 73.7 Å². The van der Waals surface area contributed by atoms with Crippen molar-refractivity contribution in [3.05, 3.63) is 88.2 Å². The Morgan fingerprint density at radius 2 is 1.79 bits per heavy atom. The predicted molar refractivity (Wildman–Crippen MR) is 156 cm³/mol. The van der Waals surface area contributed by atoms with Gasteiger partial charge in [-0.1, -0.05) is 54.9 Å². The molecule has 0 unspecified atom stereocenters. The highest BCUT2D eigenvalue weighted by atomic mass is 79.9. The van der Waals surface area contributed by atoms with Crippen LogP contribution in [0.2, 0.25) is 0 Å². The fraction of sp³-hybridized carbons (Fsp3) is 0.419. The van der Waals surface area contributed by atoms with E-state index in [1.807, 2.05) is 53.6 Å². The molecule has 1 heterocycles. The Labute approximate surface area is 235 Å². The molecular weight excluding hydrogens is 542 g/mol. The molecule has 1 atom stereocenters. The third-order valence-corrected chi connectivity index (χ3v) is 7.34. The number of ether oxygens (including phenoxy) is 1. The number of aromatic nitrogens is 1. The lowest BCUT2D eigenvalue weighted by Gasteiger charge is -2.32. The molecule has 0 aliphatic heterocycles. The van der Waals surface area contributed by atoms with Gasteiger partial charge in [0.25, 0.3) is 5.91 Å². The normalized spacial score (nSPS) is 11.9. The minimum atomic E-state index is -0.120. The highest BCUT2D eigenvalue weighted by molar-refractivity contribution is 9.10. The second kappa shape index (κ2) is 14.2. The average molecular weight is 583 g/mol. The third kappa shape index (κ3) is 8.22. The smallest absolute Gasteiger partial charge is 0.254 e. The van der Waals surface area contributed by atoms with E-state index < -0.39 is 0 Å². The first kappa shape index (κ1) is 29.5. The summed E-state index contributed by atoms with van der Waals surface area (Å²) in [5.74, 6) is 1.09. The molecule has 0 fully saturated rings. The van der Waals surface area contributed by atoms with Gasteiger partial charge in [0.15, 0.2) is 0 Å². The summed E-state index contributed by atoms with van der Waals surface area (Å²) in [5.41, 5.74) is 2.76.